The molecule has 0 radical (unpaired) electrons. The number of carbonyl (C=O) groups is 2. The van der Waals surface area contributed by atoms with Gasteiger partial charge in [0.1, 0.15) is 15.8 Å². The van der Waals surface area contributed by atoms with E-state index >= 15 is 0 Å². The Hall–Kier alpha value is -1.05. The molecule has 0 amide bonds. The van der Waals surface area contributed by atoms with Gasteiger partial charge in [-0.2, -0.15) is 0 Å². The molecule has 0 fully saturated rings. The van der Waals surface area contributed by atoms with Crippen molar-refractivity contribution in [2.24, 2.45) is 4.99 Å². The van der Waals surface area contributed by atoms with E-state index < -0.39 is 0 Å². The molecule has 1 aromatic rings. The van der Waals surface area contributed by atoms with Crippen molar-refractivity contribution >= 4 is 61.0 Å². The summed E-state index contributed by atoms with van der Waals surface area (Å²) < 4.78 is 6.61. The molecule has 0 saturated carbocycles. The summed E-state index contributed by atoms with van der Waals surface area (Å²) in [4.78, 5) is 27.2. The zero-order valence-electron chi connectivity index (χ0n) is 11.4. The lowest BCUT2D eigenvalue weighted by Crippen LogP contribution is -2.01. The quantitative estimate of drug-likeness (QED) is 0.445. The van der Waals surface area contributed by atoms with Crippen molar-refractivity contribution in [2.75, 3.05) is 5.75 Å². The highest BCUT2D eigenvalue weighted by Gasteiger charge is 2.22. The Bertz CT molecular complexity index is 656. The van der Waals surface area contributed by atoms with Gasteiger partial charge in [0, 0.05) is 11.4 Å². The van der Waals surface area contributed by atoms with Crippen LogP contribution in [0.1, 0.15) is 19.4 Å². The second-order valence-corrected chi connectivity index (χ2v) is 7.33. The first kappa shape index (κ1) is 16.3. The number of aliphatic imine (C=N–C) groups is 1. The van der Waals surface area contributed by atoms with Gasteiger partial charge in [-0.25, -0.2) is 4.99 Å². The summed E-state index contributed by atoms with van der Waals surface area (Å²) in [7, 11) is 0. The first-order valence-electron chi connectivity index (χ1n) is 6.13. The Balaban J connectivity index is 2.31. The number of esters is 1. The van der Waals surface area contributed by atoms with Crippen LogP contribution in [0.5, 0.6) is 5.75 Å². The number of hydrogen-bond acceptors (Lipinski definition) is 6. The molecule has 0 aromatic heterocycles. The predicted octanol–water partition coefficient (Wildman–Crippen LogP) is 4.10. The van der Waals surface area contributed by atoms with Crippen molar-refractivity contribution in [3.05, 3.63) is 33.9 Å². The van der Waals surface area contributed by atoms with Crippen LogP contribution in [-0.2, 0) is 9.59 Å². The third-order valence-corrected chi connectivity index (χ3v) is 5.00. The molecule has 1 heterocycles. The maximum absolute atomic E-state index is 11.9. The van der Waals surface area contributed by atoms with Gasteiger partial charge in [-0.1, -0.05) is 34.6 Å². The van der Waals surface area contributed by atoms with Crippen LogP contribution < -0.4 is 4.74 Å². The summed E-state index contributed by atoms with van der Waals surface area (Å²) in [6.07, 6.45) is 1.69. The summed E-state index contributed by atoms with van der Waals surface area (Å²) >= 11 is 6.10. The zero-order chi connectivity index (χ0) is 15.4. The molecule has 0 bridgehead atoms. The number of hydrogen-bond donors (Lipinski definition) is 0. The van der Waals surface area contributed by atoms with Crippen LogP contribution in [0.2, 0.25) is 0 Å². The fraction of sp³-hybridized carbons (Fsp3) is 0.214. The lowest BCUT2D eigenvalue weighted by atomic mass is 10.2. The molecule has 0 spiro atoms. The van der Waals surface area contributed by atoms with Crippen LogP contribution in [-0.4, -0.2) is 21.2 Å². The SMILES string of the molecule is CCSC1=NC(=Cc2cc(OC(C)=O)ccc2Br)C(=O)S1. The number of thioether (sulfide) groups is 2. The maximum Gasteiger partial charge on any atom is 0.308 e. The normalized spacial score (nSPS) is 16.2. The minimum absolute atomic E-state index is 0.0734. The van der Waals surface area contributed by atoms with Crippen LogP contribution >= 0.6 is 39.5 Å². The third-order valence-electron chi connectivity index (χ3n) is 2.39. The first-order chi connectivity index (χ1) is 9.99. The second kappa shape index (κ2) is 7.29. The molecule has 0 aliphatic carbocycles. The van der Waals surface area contributed by atoms with Gasteiger partial charge in [-0.05, 0) is 47.4 Å². The van der Waals surface area contributed by atoms with Gasteiger partial charge >= 0.3 is 5.97 Å². The van der Waals surface area contributed by atoms with E-state index in [1.807, 2.05) is 6.92 Å². The monoisotopic (exact) mass is 385 g/mol. The van der Waals surface area contributed by atoms with E-state index in [4.69, 9.17) is 4.74 Å². The van der Waals surface area contributed by atoms with Crippen molar-refractivity contribution in [1.82, 2.24) is 0 Å². The van der Waals surface area contributed by atoms with E-state index in [9.17, 15) is 9.59 Å². The fourth-order valence-electron chi connectivity index (χ4n) is 1.58. The van der Waals surface area contributed by atoms with Gasteiger partial charge in [0.15, 0.2) is 0 Å². The van der Waals surface area contributed by atoms with Crippen LogP contribution in [0, 0.1) is 0 Å². The third kappa shape index (κ3) is 4.46. The number of benzene rings is 1. The Morgan fingerprint density at radius 2 is 2.29 bits per heavy atom. The summed E-state index contributed by atoms with van der Waals surface area (Å²) in [5.41, 5.74) is 1.14. The molecule has 1 aromatic carbocycles. The minimum atomic E-state index is -0.386. The van der Waals surface area contributed by atoms with E-state index in [2.05, 4.69) is 20.9 Å². The molecule has 4 nitrogen and oxygen atoms in total. The van der Waals surface area contributed by atoms with Gasteiger partial charge in [0.25, 0.3) is 0 Å². The topological polar surface area (TPSA) is 55.7 Å². The van der Waals surface area contributed by atoms with Crippen LogP contribution in [0.15, 0.2) is 33.4 Å². The van der Waals surface area contributed by atoms with E-state index in [0.717, 1.165) is 31.9 Å². The maximum atomic E-state index is 11.9. The minimum Gasteiger partial charge on any atom is -0.427 e. The highest BCUT2D eigenvalue weighted by atomic mass is 79.9. The highest BCUT2D eigenvalue weighted by molar-refractivity contribution is 9.10. The highest BCUT2D eigenvalue weighted by Crippen LogP contribution is 2.32. The van der Waals surface area contributed by atoms with E-state index in [-0.39, 0.29) is 11.1 Å². The first-order valence-corrected chi connectivity index (χ1v) is 8.72. The summed E-state index contributed by atoms with van der Waals surface area (Å²) in [5, 5.41) is -0.0734. The van der Waals surface area contributed by atoms with E-state index in [0.29, 0.717) is 11.4 Å². The largest absolute Gasteiger partial charge is 0.427 e. The Kier molecular flexibility index (Phi) is 5.66. The fourth-order valence-corrected chi connectivity index (χ4v) is 3.68. The molecule has 2 rings (SSSR count). The van der Waals surface area contributed by atoms with Crippen LogP contribution in [0.25, 0.3) is 6.08 Å². The number of ether oxygens (including phenoxy) is 1. The summed E-state index contributed by atoms with van der Waals surface area (Å²) in [6.45, 7) is 3.36. The summed E-state index contributed by atoms with van der Waals surface area (Å²) in [6, 6.07) is 5.14. The molecule has 0 atom stereocenters. The van der Waals surface area contributed by atoms with Gasteiger partial charge < -0.3 is 4.74 Å². The zero-order valence-corrected chi connectivity index (χ0v) is 14.6. The summed E-state index contributed by atoms with van der Waals surface area (Å²) in [5.74, 6) is 0.920. The van der Waals surface area contributed by atoms with Gasteiger partial charge in [0.2, 0.25) is 5.12 Å². The lowest BCUT2D eigenvalue weighted by Gasteiger charge is -2.04. The Labute approximate surface area is 139 Å². The second-order valence-electron chi connectivity index (χ2n) is 4.01. The molecule has 0 N–H and O–H groups in total. The van der Waals surface area contributed by atoms with E-state index in [1.54, 1.807) is 36.0 Å². The predicted molar refractivity (Wildman–Crippen MR) is 91.6 cm³/mol. The van der Waals surface area contributed by atoms with Crippen molar-refractivity contribution in [3.63, 3.8) is 0 Å². The average molecular weight is 386 g/mol. The smallest absolute Gasteiger partial charge is 0.308 e. The van der Waals surface area contributed by atoms with Crippen LogP contribution in [0.3, 0.4) is 0 Å². The Morgan fingerprint density at radius 3 is 2.95 bits per heavy atom. The molecular formula is C14H12BrNO3S2. The van der Waals surface area contributed by atoms with Gasteiger partial charge in [-0.3, -0.25) is 9.59 Å². The number of carbonyl (C=O) groups excluding carboxylic acids is 2. The van der Waals surface area contributed by atoms with Crippen molar-refractivity contribution < 1.29 is 14.3 Å². The lowest BCUT2D eigenvalue weighted by molar-refractivity contribution is -0.131. The molecule has 0 saturated heterocycles. The number of nitrogens with zero attached hydrogens (tertiary/aromatic N) is 1. The number of halogens is 1. The standard InChI is InChI=1S/C14H12BrNO3S2/c1-3-20-14-16-12(13(18)21-14)7-9-6-10(19-8(2)17)4-5-11(9)15/h4-7H,3H2,1-2H3. The molecule has 7 heteroatoms. The van der Waals surface area contributed by atoms with Gasteiger partial charge in [-0.15, -0.1) is 0 Å². The molecule has 1 aliphatic rings. The van der Waals surface area contributed by atoms with Crippen molar-refractivity contribution in [1.29, 1.82) is 0 Å². The molecule has 110 valence electrons. The van der Waals surface area contributed by atoms with Crippen LogP contribution in [0.4, 0.5) is 0 Å². The Morgan fingerprint density at radius 1 is 1.52 bits per heavy atom. The van der Waals surface area contributed by atoms with Gasteiger partial charge in [0.05, 0.1) is 0 Å². The van der Waals surface area contributed by atoms with Crippen molar-refractivity contribution in [2.45, 2.75) is 13.8 Å². The van der Waals surface area contributed by atoms with E-state index in [1.165, 1.54) is 6.92 Å². The molecule has 1 aliphatic heterocycles. The molecule has 21 heavy (non-hydrogen) atoms. The molecular weight excluding hydrogens is 374 g/mol. The number of rotatable bonds is 3. The van der Waals surface area contributed by atoms with Crippen molar-refractivity contribution in [3.8, 4) is 5.75 Å². The average Bonchev–Trinajstić information content (AvgIpc) is 2.74. The molecule has 0 unspecified atom stereocenters.